The number of ether oxygens (including phenoxy) is 1. The molecule has 0 aliphatic rings. The molecule has 1 atom stereocenters. The Balaban J connectivity index is 2.52. The number of rotatable bonds is 9. The molecule has 1 rings (SSSR count). The SMILES string of the molecule is CC(C)CC(CNC(=O)OC[n+]1cccc(C(=O)N(C)C)c1)CC(=O)O. The van der Waals surface area contributed by atoms with Crippen molar-refractivity contribution >= 4 is 18.0 Å². The first-order chi connectivity index (χ1) is 12.2. The Morgan fingerprint density at radius 1 is 1.31 bits per heavy atom. The van der Waals surface area contributed by atoms with Gasteiger partial charge in [0.1, 0.15) is 5.56 Å². The summed E-state index contributed by atoms with van der Waals surface area (Å²) in [5.74, 6) is -0.837. The highest BCUT2D eigenvalue weighted by atomic mass is 16.6. The minimum absolute atomic E-state index is 0.00189. The largest absolute Gasteiger partial charge is 0.481 e. The van der Waals surface area contributed by atoms with Crippen molar-refractivity contribution in [3.63, 3.8) is 0 Å². The van der Waals surface area contributed by atoms with Gasteiger partial charge in [0, 0.05) is 33.1 Å². The van der Waals surface area contributed by atoms with Gasteiger partial charge in [0.15, 0.2) is 12.4 Å². The molecule has 0 bridgehead atoms. The van der Waals surface area contributed by atoms with Crippen molar-refractivity contribution in [2.45, 2.75) is 33.4 Å². The van der Waals surface area contributed by atoms with Crippen molar-refractivity contribution in [3.8, 4) is 0 Å². The van der Waals surface area contributed by atoms with E-state index in [1.807, 2.05) is 13.8 Å². The second kappa shape index (κ2) is 10.4. The Bertz CT molecular complexity index is 631. The maximum atomic E-state index is 11.9. The summed E-state index contributed by atoms with van der Waals surface area (Å²) in [7, 11) is 3.32. The summed E-state index contributed by atoms with van der Waals surface area (Å²) in [5, 5.41) is 11.6. The van der Waals surface area contributed by atoms with Gasteiger partial charge in [0.05, 0.1) is 0 Å². The number of carboxylic acid groups (broad SMARTS) is 1. The van der Waals surface area contributed by atoms with Gasteiger partial charge >= 0.3 is 12.1 Å². The van der Waals surface area contributed by atoms with Crippen LogP contribution in [0.25, 0.3) is 0 Å². The Morgan fingerprint density at radius 2 is 2.00 bits per heavy atom. The van der Waals surface area contributed by atoms with Crippen molar-refractivity contribution in [1.82, 2.24) is 10.2 Å². The van der Waals surface area contributed by atoms with Crippen LogP contribution in [-0.2, 0) is 16.3 Å². The molecule has 0 aromatic carbocycles. The monoisotopic (exact) mass is 366 g/mol. The third-order valence-electron chi connectivity index (χ3n) is 3.66. The van der Waals surface area contributed by atoms with E-state index in [4.69, 9.17) is 9.84 Å². The molecule has 0 aliphatic carbocycles. The number of aliphatic carboxylic acids is 1. The summed E-state index contributed by atoms with van der Waals surface area (Å²) in [4.78, 5) is 36.1. The van der Waals surface area contributed by atoms with E-state index in [9.17, 15) is 14.4 Å². The van der Waals surface area contributed by atoms with Crippen LogP contribution < -0.4 is 9.88 Å². The Kier molecular flexibility index (Phi) is 8.54. The standard InChI is InChI=1S/C18H27N3O5/c1-13(2)8-14(9-16(22)23)10-19-18(25)26-12-21-7-5-6-15(11-21)17(24)20(3)4/h5-7,11,13-14H,8-10,12H2,1-4H3,(H-,19,22,23,25)/p+1. The van der Waals surface area contributed by atoms with Gasteiger partial charge in [-0.05, 0) is 24.3 Å². The number of carbonyl (C=O) groups excluding carboxylic acids is 2. The number of carbonyl (C=O) groups is 3. The van der Waals surface area contributed by atoms with Crippen molar-refractivity contribution in [2.75, 3.05) is 20.6 Å². The lowest BCUT2D eigenvalue weighted by Gasteiger charge is -2.17. The molecular weight excluding hydrogens is 338 g/mol. The Hall–Kier alpha value is -2.64. The second-order valence-corrected chi connectivity index (χ2v) is 6.84. The molecule has 1 aromatic rings. The fourth-order valence-corrected chi connectivity index (χ4v) is 2.55. The first kappa shape index (κ1) is 21.4. The highest BCUT2D eigenvalue weighted by Gasteiger charge is 2.17. The molecular formula is C18H28N3O5+. The van der Waals surface area contributed by atoms with E-state index in [1.54, 1.807) is 43.2 Å². The van der Waals surface area contributed by atoms with Crippen LogP contribution in [0.3, 0.4) is 0 Å². The van der Waals surface area contributed by atoms with Gasteiger partial charge in [-0.2, -0.15) is 4.57 Å². The van der Waals surface area contributed by atoms with Crippen molar-refractivity contribution in [3.05, 3.63) is 30.1 Å². The van der Waals surface area contributed by atoms with E-state index in [-0.39, 0.29) is 31.5 Å². The number of hydrogen-bond acceptors (Lipinski definition) is 4. The number of nitrogens with one attached hydrogen (secondary N) is 1. The van der Waals surface area contributed by atoms with E-state index >= 15 is 0 Å². The molecule has 2 N–H and O–H groups in total. The van der Waals surface area contributed by atoms with Crippen LogP contribution in [-0.4, -0.2) is 48.6 Å². The first-order valence-electron chi connectivity index (χ1n) is 8.52. The zero-order valence-corrected chi connectivity index (χ0v) is 15.8. The maximum Gasteiger partial charge on any atom is 0.412 e. The van der Waals surface area contributed by atoms with E-state index in [0.717, 1.165) is 0 Å². The van der Waals surface area contributed by atoms with Crippen LogP contribution in [0.1, 0.15) is 37.0 Å². The number of carboxylic acids is 1. The molecule has 0 radical (unpaired) electrons. The van der Waals surface area contributed by atoms with Gasteiger partial charge in [0.2, 0.25) is 0 Å². The summed E-state index contributed by atoms with van der Waals surface area (Å²) in [6.07, 6.45) is 3.37. The average Bonchev–Trinajstić information content (AvgIpc) is 2.56. The minimum atomic E-state index is -0.885. The zero-order valence-electron chi connectivity index (χ0n) is 15.8. The lowest BCUT2D eigenvalue weighted by Crippen LogP contribution is -2.40. The molecule has 0 fully saturated rings. The van der Waals surface area contributed by atoms with Gasteiger partial charge in [-0.15, -0.1) is 0 Å². The number of pyridine rings is 1. The topological polar surface area (TPSA) is 99.8 Å². The number of alkyl carbamates (subject to hydrolysis) is 1. The third kappa shape index (κ3) is 7.96. The first-order valence-corrected chi connectivity index (χ1v) is 8.52. The van der Waals surface area contributed by atoms with Crippen LogP contribution in [0.2, 0.25) is 0 Å². The highest BCUT2D eigenvalue weighted by Crippen LogP contribution is 2.14. The Labute approximate surface area is 153 Å². The summed E-state index contributed by atoms with van der Waals surface area (Å²) in [5.41, 5.74) is 0.486. The fourth-order valence-electron chi connectivity index (χ4n) is 2.55. The smallest absolute Gasteiger partial charge is 0.412 e. The number of amides is 2. The molecule has 0 saturated heterocycles. The molecule has 144 valence electrons. The van der Waals surface area contributed by atoms with Gasteiger partial charge in [-0.25, -0.2) is 4.79 Å². The van der Waals surface area contributed by atoms with E-state index < -0.39 is 12.1 Å². The van der Waals surface area contributed by atoms with E-state index in [2.05, 4.69) is 5.32 Å². The highest BCUT2D eigenvalue weighted by molar-refractivity contribution is 5.93. The number of aromatic nitrogens is 1. The minimum Gasteiger partial charge on any atom is -0.481 e. The van der Waals surface area contributed by atoms with Crippen molar-refractivity contribution < 1.29 is 28.8 Å². The molecule has 0 aliphatic heterocycles. The third-order valence-corrected chi connectivity index (χ3v) is 3.66. The molecule has 1 aromatic heterocycles. The van der Waals surface area contributed by atoms with E-state index in [0.29, 0.717) is 17.9 Å². The maximum absolute atomic E-state index is 11.9. The van der Waals surface area contributed by atoms with Gasteiger partial charge in [-0.1, -0.05) is 13.8 Å². The summed E-state index contributed by atoms with van der Waals surface area (Å²) < 4.78 is 6.71. The zero-order chi connectivity index (χ0) is 19.7. The van der Waals surface area contributed by atoms with Crippen LogP contribution >= 0.6 is 0 Å². The molecule has 0 saturated carbocycles. The van der Waals surface area contributed by atoms with Crippen molar-refractivity contribution in [2.24, 2.45) is 11.8 Å². The quantitative estimate of drug-likeness (QED) is 0.645. The van der Waals surface area contributed by atoms with E-state index in [1.165, 1.54) is 4.90 Å². The van der Waals surface area contributed by atoms with Gasteiger partial charge < -0.3 is 20.1 Å². The molecule has 26 heavy (non-hydrogen) atoms. The average molecular weight is 366 g/mol. The summed E-state index contributed by atoms with van der Waals surface area (Å²) in [6.45, 7) is 4.21. The molecule has 0 spiro atoms. The predicted molar refractivity (Wildman–Crippen MR) is 94.3 cm³/mol. The summed E-state index contributed by atoms with van der Waals surface area (Å²) >= 11 is 0. The van der Waals surface area contributed by atoms with Gasteiger partial charge in [-0.3, -0.25) is 9.59 Å². The Morgan fingerprint density at radius 3 is 2.58 bits per heavy atom. The molecule has 1 heterocycles. The van der Waals surface area contributed by atoms with Crippen LogP contribution in [0, 0.1) is 11.8 Å². The number of hydrogen-bond donors (Lipinski definition) is 2. The molecule has 1 unspecified atom stereocenters. The van der Waals surface area contributed by atoms with Crippen LogP contribution in [0.5, 0.6) is 0 Å². The lowest BCUT2D eigenvalue weighted by atomic mass is 9.94. The predicted octanol–water partition coefficient (Wildman–Crippen LogP) is 1.50. The second-order valence-electron chi connectivity index (χ2n) is 6.84. The number of nitrogens with zero attached hydrogens (tertiary/aromatic N) is 2. The molecule has 2 amide bonds. The van der Waals surface area contributed by atoms with Crippen LogP contribution in [0.15, 0.2) is 24.5 Å². The lowest BCUT2D eigenvalue weighted by molar-refractivity contribution is -0.727. The normalized spacial score (nSPS) is 11.7. The summed E-state index contributed by atoms with van der Waals surface area (Å²) in [6, 6.07) is 3.38. The molecule has 8 heteroatoms. The van der Waals surface area contributed by atoms with Crippen molar-refractivity contribution in [1.29, 1.82) is 0 Å². The molecule has 8 nitrogen and oxygen atoms in total. The fraction of sp³-hybridized carbons (Fsp3) is 0.556. The van der Waals surface area contributed by atoms with Crippen LogP contribution in [0.4, 0.5) is 4.79 Å². The van der Waals surface area contributed by atoms with Gasteiger partial charge in [0.25, 0.3) is 12.6 Å².